The second kappa shape index (κ2) is 12.2. The fourth-order valence-corrected chi connectivity index (χ4v) is 4.44. The van der Waals surface area contributed by atoms with Gasteiger partial charge in [0.25, 0.3) is 0 Å². The van der Waals surface area contributed by atoms with E-state index in [4.69, 9.17) is 27.9 Å². The van der Waals surface area contributed by atoms with Crippen molar-refractivity contribution >= 4 is 53.4 Å². The number of β-amino-alcohol motifs (C(OH)–C–C–N with tert-alkyl or cyclic N) is 1. The highest BCUT2D eigenvalue weighted by Crippen LogP contribution is 2.24. The molecule has 0 aliphatic carbocycles. The monoisotopic (exact) mass is 524 g/mol. The van der Waals surface area contributed by atoms with Gasteiger partial charge in [0.2, 0.25) is 0 Å². The lowest BCUT2D eigenvalue weighted by Crippen LogP contribution is -2.34. The van der Waals surface area contributed by atoms with Crippen molar-refractivity contribution in [1.29, 1.82) is 0 Å². The van der Waals surface area contributed by atoms with Crippen molar-refractivity contribution in [2.24, 2.45) is 5.92 Å². The predicted molar refractivity (Wildman–Crippen MR) is 138 cm³/mol. The SMILES string of the molecule is O=C(CCC1CCN(C[C@H](O)COc2ccc(Cl)c(F)c2)C1)c1ccc2cc(Cl)ccc2n1.S. The lowest BCUT2D eigenvalue weighted by atomic mass is 9.99. The lowest BCUT2D eigenvalue weighted by Gasteiger charge is -2.20. The number of aliphatic hydroxyl groups is 1. The topological polar surface area (TPSA) is 62.7 Å². The molecule has 3 aromatic rings. The van der Waals surface area contributed by atoms with Crippen LogP contribution in [0.4, 0.5) is 4.39 Å². The summed E-state index contributed by atoms with van der Waals surface area (Å²) in [4.78, 5) is 19.3. The van der Waals surface area contributed by atoms with Crippen LogP contribution in [0.15, 0.2) is 48.5 Å². The molecule has 9 heteroatoms. The maximum absolute atomic E-state index is 13.5. The Morgan fingerprint density at radius 3 is 2.82 bits per heavy atom. The first-order valence-electron chi connectivity index (χ1n) is 10.9. The van der Waals surface area contributed by atoms with Crippen LogP contribution in [0.25, 0.3) is 10.9 Å². The summed E-state index contributed by atoms with van der Waals surface area (Å²) in [7, 11) is 0. The highest BCUT2D eigenvalue weighted by molar-refractivity contribution is 7.59. The summed E-state index contributed by atoms with van der Waals surface area (Å²) in [5, 5.41) is 11.9. The number of likely N-dealkylation sites (tertiary alicyclic amines) is 1. The minimum absolute atomic E-state index is 0. The molecule has 2 heterocycles. The number of nitrogens with zero attached hydrogens (tertiary/aromatic N) is 2. The third-order valence-electron chi connectivity index (χ3n) is 5.89. The number of benzene rings is 2. The Labute approximate surface area is 215 Å². The molecule has 0 saturated carbocycles. The average molecular weight is 525 g/mol. The summed E-state index contributed by atoms with van der Waals surface area (Å²) < 4.78 is 19.0. The first-order chi connectivity index (χ1) is 15.9. The second-order valence-electron chi connectivity index (χ2n) is 8.45. The van der Waals surface area contributed by atoms with Crippen LogP contribution in [-0.4, -0.2) is 53.1 Å². The molecule has 1 saturated heterocycles. The Bertz CT molecular complexity index is 1150. The minimum Gasteiger partial charge on any atom is -0.491 e. The Balaban J connectivity index is 0.00000324. The summed E-state index contributed by atoms with van der Waals surface area (Å²) in [6, 6.07) is 13.3. The number of hydrogen-bond donors (Lipinski definition) is 1. The maximum Gasteiger partial charge on any atom is 0.181 e. The zero-order valence-electron chi connectivity index (χ0n) is 18.5. The van der Waals surface area contributed by atoms with Gasteiger partial charge in [-0.2, -0.15) is 13.5 Å². The summed E-state index contributed by atoms with van der Waals surface area (Å²) in [6.07, 6.45) is 1.51. The molecule has 2 atom stereocenters. The molecular formula is C25H27Cl2FN2O3S. The number of Topliss-reactive ketones (excluding diaryl/α,β-unsaturated/α-hetero) is 1. The van der Waals surface area contributed by atoms with Crippen LogP contribution < -0.4 is 4.74 Å². The van der Waals surface area contributed by atoms with Gasteiger partial charge < -0.3 is 14.7 Å². The molecule has 4 rings (SSSR count). The number of halogens is 3. The van der Waals surface area contributed by atoms with Gasteiger partial charge >= 0.3 is 0 Å². The lowest BCUT2D eigenvalue weighted by molar-refractivity contribution is 0.0742. The number of aliphatic hydroxyl groups excluding tert-OH is 1. The van der Waals surface area contributed by atoms with Gasteiger partial charge in [0.15, 0.2) is 5.78 Å². The van der Waals surface area contributed by atoms with E-state index < -0.39 is 11.9 Å². The molecule has 1 aromatic heterocycles. The third-order valence-corrected chi connectivity index (χ3v) is 6.43. The first kappa shape index (κ1) is 26.7. The number of aromatic nitrogens is 1. The number of carbonyl (C=O) groups is 1. The standard InChI is InChI=1S/C25H25Cl2FN2O3.H2S/c26-18-3-7-23-17(11-18)2-6-24(29-23)25(32)8-1-16-9-10-30(13-16)14-19(31)15-33-20-4-5-21(27)22(28)12-20;/h2-7,11-12,16,19,31H,1,8-10,13-15H2;1H2/t16?,19-;/m0./s1. The van der Waals surface area contributed by atoms with E-state index in [0.717, 1.165) is 36.8 Å². The van der Waals surface area contributed by atoms with Crippen LogP contribution in [0.1, 0.15) is 29.8 Å². The fraction of sp³-hybridized carbons (Fsp3) is 0.360. The molecule has 34 heavy (non-hydrogen) atoms. The molecule has 0 amide bonds. The van der Waals surface area contributed by atoms with Crippen molar-refractivity contribution in [1.82, 2.24) is 9.88 Å². The zero-order valence-corrected chi connectivity index (χ0v) is 21.0. The summed E-state index contributed by atoms with van der Waals surface area (Å²) in [5.74, 6) is 0.212. The molecule has 1 fully saturated rings. The van der Waals surface area contributed by atoms with E-state index in [-0.39, 0.29) is 30.9 Å². The van der Waals surface area contributed by atoms with Gasteiger partial charge in [-0.3, -0.25) is 4.79 Å². The normalized spacial score (nSPS) is 16.9. The molecule has 2 aromatic carbocycles. The van der Waals surface area contributed by atoms with Crippen LogP contribution >= 0.6 is 36.7 Å². The van der Waals surface area contributed by atoms with Crippen molar-refractivity contribution in [2.75, 3.05) is 26.2 Å². The number of fused-ring (bicyclic) bond motifs is 1. The van der Waals surface area contributed by atoms with Crippen LogP contribution in [0.5, 0.6) is 5.75 Å². The average Bonchev–Trinajstić information content (AvgIpc) is 3.25. The van der Waals surface area contributed by atoms with E-state index in [2.05, 4.69) is 9.88 Å². The Morgan fingerprint density at radius 2 is 2.03 bits per heavy atom. The van der Waals surface area contributed by atoms with E-state index in [1.165, 1.54) is 12.1 Å². The van der Waals surface area contributed by atoms with E-state index >= 15 is 0 Å². The van der Waals surface area contributed by atoms with Crippen LogP contribution in [0.3, 0.4) is 0 Å². The van der Waals surface area contributed by atoms with Gasteiger partial charge in [0.05, 0.1) is 10.5 Å². The minimum atomic E-state index is -0.695. The Hall–Kier alpha value is -1.90. The summed E-state index contributed by atoms with van der Waals surface area (Å²) >= 11 is 11.7. The summed E-state index contributed by atoms with van der Waals surface area (Å²) in [5.41, 5.74) is 1.24. The summed E-state index contributed by atoms with van der Waals surface area (Å²) in [6.45, 7) is 2.22. The van der Waals surface area contributed by atoms with Crippen molar-refractivity contribution in [3.63, 3.8) is 0 Å². The third kappa shape index (κ3) is 7.06. The Kier molecular flexibility index (Phi) is 9.56. The van der Waals surface area contributed by atoms with Crippen molar-refractivity contribution in [3.05, 3.63) is 70.1 Å². The van der Waals surface area contributed by atoms with Gasteiger partial charge in [0.1, 0.15) is 30.0 Å². The molecule has 5 nitrogen and oxygen atoms in total. The van der Waals surface area contributed by atoms with Gasteiger partial charge in [-0.05, 0) is 61.7 Å². The van der Waals surface area contributed by atoms with Crippen LogP contribution in [0, 0.1) is 11.7 Å². The number of ether oxygens (including phenoxy) is 1. The van der Waals surface area contributed by atoms with E-state index in [0.29, 0.717) is 35.3 Å². The number of carbonyl (C=O) groups excluding carboxylic acids is 1. The van der Waals surface area contributed by atoms with Crippen LogP contribution in [0.2, 0.25) is 10.0 Å². The molecule has 182 valence electrons. The van der Waals surface area contributed by atoms with E-state index in [9.17, 15) is 14.3 Å². The second-order valence-corrected chi connectivity index (χ2v) is 9.29. The predicted octanol–water partition coefficient (Wildman–Crippen LogP) is 5.52. The quantitative estimate of drug-likeness (QED) is 0.373. The van der Waals surface area contributed by atoms with E-state index in [1.54, 1.807) is 18.2 Å². The van der Waals surface area contributed by atoms with Gasteiger partial charge in [-0.15, -0.1) is 0 Å². The van der Waals surface area contributed by atoms with Crippen molar-refractivity contribution in [3.8, 4) is 5.75 Å². The van der Waals surface area contributed by atoms with Gasteiger partial charge in [0, 0.05) is 36.0 Å². The molecule has 1 N–H and O–H groups in total. The van der Waals surface area contributed by atoms with Gasteiger partial charge in [-0.25, -0.2) is 9.37 Å². The molecule has 0 bridgehead atoms. The molecule has 1 aliphatic rings. The number of pyridine rings is 1. The number of rotatable bonds is 9. The van der Waals surface area contributed by atoms with Crippen LogP contribution in [-0.2, 0) is 0 Å². The fourth-order valence-electron chi connectivity index (χ4n) is 4.14. The number of ketones is 1. The largest absolute Gasteiger partial charge is 0.491 e. The number of hydrogen-bond acceptors (Lipinski definition) is 5. The zero-order chi connectivity index (χ0) is 23.4. The van der Waals surface area contributed by atoms with Crippen molar-refractivity contribution in [2.45, 2.75) is 25.4 Å². The Morgan fingerprint density at radius 1 is 1.21 bits per heavy atom. The van der Waals surface area contributed by atoms with Crippen molar-refractivity contribution < 1.29 is 19.0 Å². The first-order valence-corrected chi connectivity index (χ1v) is 11.7. The molecule has 1 aliphatic heterocycles. The molecule has 0 spiro atoms. The molecular weight excluding hydrogens is 498 g/mol. The molecule has 1 unspecified atom stereocenters. The van der Waals surface area contributed by atoms with Gasteiger partial charge in [-0.1, -0.05) is 29.3 Å². The molecule has 0 radical (unpaired) electrons. The smallest absolute Gasteiger partial charge is 0.181 e. The highest BCUT2D eigenvalue weighted by Gasteiger charge is 2.25. The van der Waals surface area contributed by atoms with E-state index in [1.807, 2.05) is 18.2 Å². The maximum atomic E-state index is 13.5. The highest BCUT2D eigenvalue weighted by atomic mass is 35.5.